The van der Waals surface area contributed by atoms with E-state index in [1.807, 2.05) is 6.92 Å². The zero-order chi connectivity index (χ0) is 14.5. The van der Waals surface area contributed by atoms with Crippen molar-refractivity contribution in [3.8, 4) is 0 Å². The third-order valence-electron chi connectivity index (χ3n) is 3.14. The van der Waals surface area contributed by atoms with Gasteiger partial charge >= 0.3 is 5.97 Å². The van der Waals surface area contributed by atoms with Gasteiger partial charge in [-0.05, 0) is 13.0 Å². The number of aromatic carboxylic acids is 1. The van der Waals surface area contributed by atoms with Gasteiger partial charge in [-0.25, -0.2) is 14.2 Å². The van der Waals surface area contributed by atoms with Crippen molar-refractivity contribution >= 4 is 11.8 Å². The Morgan fingerprint density at radius 3 is 2.95 bits per heavy atom. The molecule has 2 heterocycles. The molecule has 20 heavy (non-hydrogen) atoms. The van der Waals surface area contributed by atoms with Crippen LogP contribution in [-0.4, -0.2) is 59.8 Å². The normalized spacial score (nSPS) is 17.7. The molecule has 6 nitrogen and oxygen atoms in total. The Bertz CT molecular complexity index is 478. The fourth-order valence-electron chi connectivity index (χ4n) is 2.16. The Hall–Kier alpha value is -1.73. The van der Waals surface area contributed by atoms with Gasteiger partial charge in [0.25, 0.3) is 0 Å². The van der Waals surface area contributed by atoms with Gasteiger partial charge in [-0.3, -0.25) is 4.90 Å². The fourth-order valence-corrected chi connectivity index (χ4v) is 2.16. The molecule has 0 amide bonds. The first-order chi connectivity index (χ1) is 9.58. The minimum absolute atomic E-state index is 0.0225. The van der Waals surface area contributed by atoms with Gasteiger partial charge in [0.1, 0.15) is 5.56 Å². The number of pyridine rings is 1. The van der Waals surface area contributed by atoms with Crippen LogP contribution in [0.1, 0.15) is 17.3 Å². The second kappa shape index (κ2) is 6.62. The highest BCUT2D eigenvalue weighted by atomic mass is 19.1. The maximum absolute atomic E-state index is 13.9. The van der Waals surface area contributed by atoms with E-state index in [-0.39, 0.29) is 17.4 Å². The highest BCUT2D eigenvalue weighted by molar-refractivity contribution is 5.88. The summed E-state index contributed by atoms with van der Waals surface area (Å²) in [6.07, 6.45) is 1.29. The molecule has 1 saturated heterocycles. The number of halogens is 1. The lowest BCUT2D eigenvalue weighted by Gasteiger charge is -2.29. The molecular formula is C13H18FN3O3. The van der Waals surface area contributed by atoms with Crippen molar-refractivity contribution in [2.75, 3.05) is 38.2 Å². The minimum Gasteiger partial charge on any atom is -0.478 e. The molecule has 0 aromatic carbocycles. The second-order valence-electron chi connectivity index (χ2n) is 4.78. The number of carboxylic acid groups (broad SMARTS) is 1. The second-order valence-corrected chi connectivity index (χ2v) is 4.78. The molecule has 110 valence electrons. The lowest BCUT2D eigenvalue weighted by molar-refractivity contribution is 0.0367. The smallest absolute Gasteiger partial charge is 0.338 e. The van der Waals surface area contributed by atoms with E-state index < -0.39 is 11.8 Å². The van der Waals surface area contributed by atoms with Crippen molar-refractivity contribution in [3.05, 3.63) is 23.6 Å². The van der Waals surface area contributed by atoms with E-state index in [2.05, 4.69) is 15.2 Å². The molecule has 2 N–H and O–H groups in total. The van der Waals surface area contributed by atoms with Crippen LogP contribution in [0.4, 0.5) is 10.2 Å². The Morgan fingerprint density at radius 1 is 1.60 bits per heavy atom. The average Bonchev–Trinajstić information content (AvgIpc) is 2.42. The molecular weight excluding hydrogens is 265 g/mol. The summed E-state index contributed by atoms with van der Waals surface area (Å²) in [5.41, 5.74) is -0.374. The zero-order valence-corrected chi connectivity index (χ0v) is 11.3. The van der Waals surface area contributed by atoms with Crippen LogP contribution < -0.4 is 5.32 Å². The zero-order valence-electron chi connectivity index (χ0n) is 11.3. The quantitative estimate of drug-likeness (QED) is 0.841. The van der Waals surface area contributed by atoms with Crippen LogP contribution in [0.25, 0.3) is 0 Å². The topological polar surface area (TPSA) is 74.7 Å². The van der Waals surface area contributed by atoms with Crippen molar-refractivity contribution in [2.45, 2.75) is 13.0 Å². The van der Waals surface area contributed by atoms with Crippen LogP contribution in [0.3, 0.4) is 0 Å². The predicted molar refractivity (Wildman–Crippen MR) is 71.5 cm³/mol. The van der Waals surface area contributed by atoms with E-state index in [9.17, 15) is 9.18 Å². The molecule has 1 aliphatic heterocycles. The number of nitrogens with zero attached hydrogens (tertiary/aromatic N) is 2. The van der Waals surface area contributed by atoms with Gasteiger partial charge in [-0.15, -0.1) is 0 Å². The summed E-state index contributed by atoms with van der Waals surface area (Å²) >= 11 is 0. The molecule has 1 aliphatic rings. The highest BCUT2D eigenvalue weighted by Gasteiger charge is 2.18. The highest BCUT2D eigenvalue weighted by Crippen LogP contribution is 2.16. The van der Waals surface area contributed by atoms with Gasteiger partial charge in [-0.1, -0.05) is 0 Å². The van der Waals surface area contributed by atoms with Gasteiger partial charge in [0.2, 0.25) is 0 Å². The number of morpholine rings is 1. The minimum atomic E-state index is -1.30. The van der Waals surface area contributed by atoms with Crippen LogP contribution in [0.2, 0.25) is 0 Å². The molecule has 2 rings (SSSR count). The summed E-state index contributed by atoms with van der Waals surface area (Å²) in [5, 5.41) is 11.8. The van der Waals surface area contributed by atoms with Gasteiger partial charge in [-0.2, -0.15) is 0 Å². The molecule has 0 saturated carbocycles. The first-order valence-electron chi connectivity index (χ1n) is 6.52. The van der Waals surface area contributed by atoms with E-state index in [0.717, 1.165) is 25.7 Å². The van der Waals surface area contributed by atoms with Crippen LogP contribution in [0.5, 0.6) is 0 Å². The predicted octanol–water partition coefficient (Wildman–Crippen LogP) is 1.05. The van der Waals surface area contributed by atoms with Gasteiger partial charge in [0.15, 0.2) is 11.6 Å². The Labute approximate surface area is 116 Å². The Kier molecular flexibility index (Phi) is 4.86. The number of anilines is 1. The van der Waals surface area contributed by atoms with Crippen molar-refractivity contribution in [1.29, 1.82) is 0 Å². The summed E-state index contributed by atoms with van der Waals surface area (Å²) in [4.78, 5) is 16.9. The number of aromatic nitrogens is 1. The van der Waals surface area contributed by atoms with Crippen LogP contribution in [0.15, 0.2) is 12.3 Å². The lowest BCUT2D eigenvalue weighted by atomic mass is 10.2. The Balaban J connectivity index is 1.98. The van der Waals surface area contributed by atoms with Crippen molar-refractivity contribution in [1.82, 2.24) is 9.88 Å². The molecule has 1 aromatic heterocycles. The summed E-state index contributed by atoms with van der Waals surface area (Å²) in [6.45, 7) is 5.72. The monoisotopic (exact) mass is 283 g/mol. The molecule has 1 unspecified atom stereocenters. The molecule has 1 aromatic rings. The number of hydrogen-bond acceptors (Lipinski definition) is 5. The molecule has 0 bridgehead atoms. The molecule has 1 fully saturated rings. The molecule has 1 atom stereocenters. The maximum atomic E-state index is 13.9. The average molecular weight is 283 g/mol. The van der Waals surface area contributed by atoms with Crippen molar-refractivity contribution < 1.29 is 19.0 Å². The fraction of sp³-hybridized carbons (Fsp3) is 0.538. The number of hydrogen-bond donors (Lipinski definition) is 2. The van der Waals surface area contributed by atoms with E-state index in [4.69, 9.17) is 9.84 Å². The van der Waals surface area contributed by atoms with Gasteiger partial charge < -0.3 is 15.2 Å². The standard InChI is InChI=1S/C13H18FN3O3/c1-9(8-17-4-6-20-7-5-17)16-12-11(14)10(13(18)19)2-3-15-12/h2-3,9H,4-8H2,1H3,(H,15,16)(H,18,19). The lowest BCUT2D eigenvalue weighted by Crippen LogP contribution is -2.42. The first kappa shape index (κ1) is 14.7. The molecule has 7 heteroatoms. The van der Waals surface area contributed by atoms with Crippen LogP contribution >= 0.6 is 0 Å². The summed E-state index contributed by atoms with van der Waals surface area (Å²) in [5.74, 6) is -2.15. The third-order valence-corrected chi connectivity index (χ3v) is 3.14. The largest absolute Gasteiger partial charge is 0.478 e. The Morgan fingerprint density at radius 2 is 2.30 bits per heavy atom. The van der Waals surface area contributed by atoms with Crippen LogP contribution in [-0.2, 0) is 4.74 Å². The summed E-state index contributed by atoms with van der Waals surface area (Å²) < 4.78 is 19.2. The molecule has 0 radical (unpaired) electrons. The van der Waals surface area contributed by atoms with Crippen molar-refractivity contribution in [3.63, 3.8) is 0 Å². The third kappa shape index (κ3) is 3.64. The van der Waals surface area contributed by atoms with Crippen LogP contribution in [0, 0.1) is 5.82 Å². The van der Waals surface area contributed by atoms with Crippen molar-refractivity contribution in [2.24, 2.45) is 0 Å². The molecule has 0 aliphatic carbocycles. The summed E-state index contributed by atoms with van der Waals surface area (Å²) in [6, 6.07) is 1.11. The number of nitrogens with one attached hydrogen (secondary N) is 1. The van der Waals surface area contributed by atoms with E-state index in [1.165, 1.54) is 6.20 Å². The number of ether oxygens (including phenoxy) is 1. The SMILES string of the molecule is CC(CN1CCOCC1)Nc1nccc(C(=O)O)c1F. The number of rotatable bonds is 5. The van der Waals surface area contributed by atoms with Gasteiger partial charge in [0, 0.05) is 31.9 Å². The van der Waals surface area contributed by atoms with E-state index >= 15 is 0 Å². The number of carboxylic acids is 1. The first-order valence-corrected chi connectivity index (χ1v) is 6.52. The summed E-state index contributed by atoms with van der Waals surface area (Å²) in [7, 11) is 0. The molecule has 0 spiro atoms. The van der Waals surface area contributed by atoms with E-state index in [1.54, 1.807) is 0 Å². The maximum Gasteiger partial charge on any atom is 0.338 e. The number of carbonyl (C=O) groups is 1. The van der Waals surface area contributed by atoms with E-state index in [0.29, 0.717) is 13.2 Å². The van der Waals surface area contributed by atoms with Gasteiger partial charge in [0.05, 0.1) is 13.2 Å².